The number of aromatic nitrogens is 4. The van der Waals surface area contributed by atoms with E-state index in [0.29, 0.717) is 38.2 Å². The van der Waals surface area contributed by atoms with Gasteiger partial charge in [0.05, 0.1) is 12.9 Å². The van der Waals surface area contributed by atoms with Gasteiger partial charge in [0.1, 0.15) is 23.8 Å². The average Bonchev–Trinajstić information content (AvgIpc) is 3.17. The molecule has 1 fully saturated rings. The first-order valence-corrected chi connectivity index (χ1v) is 12.6. The SMILES string of the molecule is C[C@@H]1CC(=O)Nc2ncnc(N3CCC(c4nc(C(F)(F)F)cn4CCOS(C)(=O)=O)CC3)c21. The minimum Gasteiger partial charge on any atom is -0.356 e. The highest BCUT2D eigenvalue weighted by Gasteiger charge is 2.37. The molecular weight excluding hydrogens is 477 g/mol. The van der Waals surface area contributed by atoms with Crippen molar-refractivity contribution in [3.05, 3.63) is 29.6 Å². The Kier molecular flexibility index (Phi) is 6.55. The normalized spacial score (nSPS) is 19.7. The maximum atomic E-state index is 13.3. The Hall–Kier alpha value is -2.74. The van der Waals surface area contributed by atoms with Crippen molar-refractivity contribution in [2.75, 3.05) is 36.2 Å². The zero-order valence-electron chi connectivity index (χ0n) is 18.7. The predicted octanol–water partition coefficient (Wildman–Crippen LogP) is 2.50. The van der Waals surface area contributed by atoms with Crippen molar-refractivity contribution < 1.29 is 30.6 Å². The fourth-order valence-electron chi connectivity index (χ4n) is 4.46. The third-order valence-corrected chi connectivity index (χ3v) is 6.59. The molecule has 0 radical (unpaired) electrons. The number of carbonyl (C=O) groups is 1. The lowest BCUT2D eigenvalue weighted by atomic mass is 9.92. The van der Waals surface area contributed by atoms with Crippen molar-refractivity contribution in [3.8, 4) is 0 Å². The summed E-state index contributed by atoms with van der Waals surface area (Å²) in [7, 11) is -3.71. The zero-order valence-corrected chi connectivity index (χ0v) is 19.5. The number of alkyl halides is 3. The molecule has 2 aromatic heterocycles. The molecular formula is C20H25F3N6O4S. The van der Waals surface area contributed by atoms with Crippen LogP contribution in [-0.4, -0.2) is 59.8 Å². The number of rotatable bonds is 6. The van der Waals surface area contributed by atoms with Gasteiger partial charge in [-0.2, -0.15) is 21.6 Å². The number of hydrogen-bond donors (Lipinski definition) is 1. The minimum atomic E-state index is -4.61. The van der Waals surface area contributed by atoms with Crippen LogP contribution >= 0.6 is 0 Å². The van der Waals surface area contributed by atoms with Crippen LogP contribution in [0.15, 0.2) is 12.5 Å². The summed E-state index contributed by atoms with van der Waals surface area (Å²) >= 11 is 0. The average molecular weight is 503 g/mol. The van der Waals surface area contributed by atoms with Gasteiger partial charge in [-0.15, -0.1) is 0 Å². The van der Waals surface area contributed by atoms with Gasteiger partial charge in [-0.05, 0) is 18.8 Å². The third-order valence-electron chi connectivity index (χ3n) is 5.99. The topological polar surface area (TPSA) is 119 Å². The lowest BCUT2D eigenvalue weighted by molar-refractivity contribution is -0.141. The second-order valence-electron chi connectivity index (χ2n) is 8.58. The monoisotopic (exact) mass is 502 g/mol. The van der Waals surface area contributed by atoms with E-state index in [1.54, 1.807) is 0 Å². The number of anilines is 2. The fraction of sp³-hybridized carbons (Fsp3) is 0.600. The van der Waals surface area contributed by atoms with Crippen LogP contribution in [0.25, 0.3) is 0 Å². The molecule has 4 rings (SSSR count). The summed E-state index contributed by atoms with van der Waals surface area (Å²) in [6, 6.07) is 0. The summed E-state index contributed by atoms with van der Waals surface area (Å²) in [6.07, 6.45) is -0.0461. The lowest BCUT2D eigenvalue weighted by Crippen LogP contribution is -2.36. The summed E-state index contributed by atoms with van der Waals surface area (Å²) < 4.78 is 68.4. The molecule has 14 heteroatoms. The van der Waals surface area contributed by atoms with Crippen LogP contribution < -0.4 is 10.2 Å². The number of piperidine rings is 1. The molecule has 2 aromatic rings. The molecule has 2 aliphatic heterocycles. The molecule has 2 aliphatic rings. The van der Waals surface area contributed by atoms with Crippen molar-refractivity contribution in [1.29, 1.82) is 0 Å². The van der Waals surface area contributed by atoms with Crippen molar-refractivity contribution in [3.63, 3.8) is 0 Å². The van der Waals surface area contributed by atoms with E-state index in [4.69, 9.17) is 4.18 Å². The molecule has 1 atom stereocenters. The maximum absolute atomic E-state index is 13.3. The van der Waals surface area contributed by atoms with E-state index in [2.05, 4.69) is 25.2 Å². The number of halogens is 3. The van der Waals surface area contributed by atoms with E-state index in [-0.39, 0.29) is 36.7 Å². The smallest absolute Gasteiger partial charge is 0.356 e. The summed E-state index contributed by atoms with van der Waals surface area (Å²) in [6.45, 7) is 2.65. The largest absolute Gasteiger partial charge is 0.434 e. The number of carbonyl (C=O) groups excluding carboxylic acids is 1. The summed E-state index contributed by atoms with van der Waals surface area (Å²) in [4.78, 5) is 26.3. The second kappa shape index (κ2) is 9.13. The highest BCUT2D eigenvalue weighted by Crippen LogP contribution is 2.39. The van der Waals surface area contributed by atoms with Crippen LogP contribution in [0, 0.1) is 0 Å². The molecule has 0 saturated carbocycles. The molecule has 0 aliphatic carbocycles. The van der Waals surface area contributed by atoms with E-state index in [0.717, 1.165) is 23.8 Å². The highest BCUT2D eigenvalue weighted by atomic mass is 32.2. The van der Waals surface area contributed by atoms with Crippen LogP contribution in [0.5, 0.6) is 0 Å². The van der Waals surface area contributed by atoms with Gasteiger partial charge in [0.15, 0.2) is 5.69 Å². The summed E-state index contributed by atoms with van der Waals surface area (Å²) in [5, 5.41) is 2.77. The molecule has 4 heterocycles. The van der Waals surface area contributed by atoms with Gasteiger partial charge in [0.2, 0.25) is 5.91 Å². The second-order valence-corrected chi connectivity index (χ2v) is 10.2. The number of hydrogen-bond acceptors (Lipinski definition) is 8. The van der Waals surface area contributed by atoms with E-state index in [1.807, 2.05) is 6.92 Å². The van der Waals surface area contributed by atoms with Gasteiger partial charge < -0.3 is 14.8 Å². The quantitative estimate of drug-likeness (QED) is 0.599. The molecule has 0 unspecified atom stereocenters. The van der Waals surface area contributed by atoms with Gasteiger partial charge in [0.25, 0.3) is 10.1 Å². The predicted molar refractivity (Wildman–Crippen MR) is 116 cm³/mol. The Bertz CT molecular complexity index is 1180. The van der Waals surface area contributed by atoms with Gasteiger partial charge in [0, 0.05) is 43.7 Å². The number of imidazole rings is 1. The minimum absolute atomic E-state index is 0.0549. The first kappa shape index (κ1) is 24.4. The van der Waals surface area contributed by atoms with Crippen molar-refractivity contribution in [2.45, 2.75) is 50.7 Å². The molecule has 0 spiro atoms. The summed E-state index contributed by atoms with van der Waals surface area (Å²) in [5.41, 5.74) is -0.155. The number of nitrogens with one attached hydrogen (secondary N) is 1. The molecule has 186 valence electrons. The zero-order chi connectivity index (χ0) is 24.7. The molecule has 34 heavy (non-hydrogen) atoms. The van der Waals surface area contributed by atoms with Crippen molar-refractivity contribution in [1.82, 2.24) is 19.5 Å². The lowest BCUT2D eigenvalue weighted by Gasteiger charge is -2.35. The first-order chi connectivity index (χ1) is 15.9. The molecule has 1 amide bonds. The van der Waals surface area contributed by atoms with Crippen molar-refractivity contribution in [2.24, 2.45) is 0 Å². The van der Waals surface area contributed by atoms with Crippen LogP contribution in [0.2, 0.25) is 0 Å². The Morgan fingerprint density at radius 1 is 1.24 bits per heavy atom. The Morgan fingerprint density at radius 3 is 2.59 bits per heavy atom. The van der Waals surface area contributed by atoms with E-state index < -0.39 is 22.0 Å². The molecule has 0 bridgehead atoms. The highest BCUT2D eigenvalue weighted by molar-refractivity contribution is 7.85. The van der Waals surface area contributed by atoms with E-state index in [9.17, 15) is 26.4 Å². The third kappa shape index (κ3) is 5.32. The number of nitrogens with zero attached hydrogens (tertiary/aromatic N) is 5. The van der Waals surface area contributed by atoms with Gasteiger partial charge in [-0.1, -0.05) is 6.92 Å². The standard InChI is InChI=1S/C20H25F3N6O4S/c1-12-9-15(30)27-17-16(12)19(25-11-24-17)28-5-3-13(4-6-28)18-26-14(20(21,22)23)10-29(18)7-8-33-34(2,31)32/h10-13H,3-9H2,1-2H3,(H,24,25,27,30)/t12-/m1/s1. The molecule has 1 N–H and O–H groups in total. The molecule has 10 nitrogen and oxygen atoms in total. The Balaban J connectivity index is 1.52. The van der Waals surface area contributed by atoms with Gasteiger partial charge in [-0.25, -0.2) is 15.0 Å². The van der Waals surface area contributed by atoms with Crippen LogP contribution in [0.4, 0.5) is 24.8 Å². The van der Waals surface area contributed by atoms with Gasteiger partial charge in [-0.3, -0.25) is 8.98 Å². The van der Waals surface area contributed by atoms with E-state index in [1.165, 1.54) is 10.9 Å². The molecule has 0 aromatic carbocycles. The van der Waals surface area contributed by atoms with E-state index >= 15 is 0 Å². The maximum Gasteiger partial charge on any atom is 0.434 e. The van der Waals surface area contributed by atoms with Crippen LogP contribution in [0.1, 0.15) is 55.1 Å². The van der Waals surface area contributed by atoms with Crippen LogP contribution in [-0.2, 0) is 31.8 Å². The van der Waals surface area contributed by atoms with Gasteiger partial charge >= 0.3 is 6.18 Å². The molecule has 1 saturated heterocycles. The fourth-order valence-corrected chi connectivity index (χ4v) is 4.84. The Morgan fingerprint density at radius 2 is 1.94 bits per heavy atom. The number of amides is 1. The first-order valence-electron chi connectivity index (χ1n) is 10.8. The van der Waals surface area contributed by atoms with Crippen LogP contribution in [0.3, 0.4) is 0 Å². The number of fused-ring (bicyclic) bond motifs is 1. The summed E-state index contributed by atoms with van der Waals surface area (Å²) in [5.74, 6) is 1.06. The Labute approximate surface area is 194 Å². The van der Waals surface area contributed by atoms with Crippen molar-refractivity contribution >= 4 is 27.7 Å².